The lowest BCUT2D eigenvalue weighted by Crippen LogP contribution is -2.61. The van der Waals surface area contributed by atoms with E-state index in [1.54, 1.807) is 16.4 Å². The van der Waals surface area contributed by atoms with Crippen molar-refractivity contribution < 1.29 is 17.2 Å². The molecule has 0 amide bonds. The third-order valence-electron chi connectivity index (χ3n) is 5.97. The highest BCUT2D eigenvalue weighted by Gasteiger charge is 2.47. The molecule has 0 N–H and O–H groups in total. The summed E-state index contributed by atoms with van der Waals surface area (Å²) in [7, 11) is -2.00. The number of likely N-dealkylation sites (tertiary alicyclic amines) is 1. The van der Waals surface area contributed by atoms with Crippen LogP contribution in [0.3, 0.4) is 0 Å². The van der Waals surface area contributed by atoms with E-state index in [0.29, 0.717) is 23.8 Å². The lowest BCUT2D eigenvalue weighted by atomic mass is 9.72. The number of rotatable bonds is 4. The largest absolute Gasteiger partial charge is 0.359 e. The van der Waals surface area contributed by atoms with Gasteiger partial charge in [0.05, 0.1) is 11.3 Å². The molecule has 3 rings (SSSR count). The van der Waals surface area contributed by atoms with Crippen LogP contribution in [0.5, 0.6) is 0 Å². The molecule has 6 nitrogen and oxygen atoms in total. The molecule has 0 radical (unpaired) electrons. The molecule has 1 spiro atoms. The summed E-state index contributed by atoms with van der Waals surface area (Å²) in [6, 6.07) is 6.94. The molecular weight excluding hydrogens is 410 g/mol. The number of halogens is 2. The van der Waals surface area contributed by atoms with Crippen molar-refractivity contribution in [3.63, 3.8) is 0 Å². The molecule has 2 aliphatic rings. The average molecular weight is 441 g/mol. The highest BCUT2D eigenvalue weighted by Crippen LogP contribution is 2.41. The first-order valence-corrected chi connectivity index (χ1v) is 11.6. The zero-order chi connectivity index (χ0) is 22.2. The minimum Gasteiger partial charge on any atom is -0.359 e. The van der Waals surface area contributed by atoms with Crippen LogP contribution in [-0.4, -0.2) is 68.4 Å². The number of alkyl halides is 2. The molecule has 2 saturated heterocycles. The molecule has 0 saturated carbocycles. The van der Waals surface area contributed by atoms with Gasteiger partial charge in [0.1, 0.15) is 11.7 Å². The number of hydrogen-bond acceptors (Lipinski definition) is 3. The molecule has 0 aromatic heterocycles. The molecule has 1 aromatic carbocycles. The van der Waals surface area contributed by atoms with E-state index >= 15 is 0 Å². The van der Waals surface area contributed by atoms with Crippen LogP contribution in [0.1, 0.15) is 38.7 Å². The molecule has 2 fully saturated rings. The maximum atomic E-state index is 13.3. The van der Waals surface area contributed by atoms with Gasteiger partial charge in [0.15, 0.2) is 0 Å². The second-order valence-electron chi connectivity index (χ2n) is 8.62. The standard InChI is InChI=1S/C21H30F2N4O2S/c1-16-5-7-18(8-6-16)30(28,29)27-11-9-21(10-12-27)14-26(15-21)17(2)25-19(24-4)13-20(3,22)23/h5-8H,9-15H2,1-4H3. The number of piperidine rings is 1. The van der Waals surface area contributed by atoms with E-state index in [4.69, 9.17) is 0 Å². The maximum absolute atomic E-state index is 13.3. The third kappa shape index (κ3) is 5.06. The molecule has 1 aromatic rings. The smallest absolute Gasteiger partial charge is 0.252 e. The van der Waals surface area contributed by atoms with Crippen LogP contribution in [0.15, 0.2) is 39.1 Å². The molecule has 2 aliphatic heterocycles. The highest BCUT2D eigenvalue weighted by molar-refractivity contribution is 7.89. The maximum Gasteiger partial charge on any atom is 0.252 e. The zero-order valence-corrected chi connectivity index (χ0v) is 18.8. The topological polar surface area (TPSA) is 65.3 Å². The fraction of sp³-hybridized carbons (Fsp3) is 0.619. The Bertz CT molecular complexity index is 921. The Kier molecular flexibility index (Phi) is 6.34. The monoisotopic (exact) mass is 440 g/mol. The first-order chi connectivity index (χ1) is 13.9. The van der Waals surface area contributed by atoms with Crippen molar-refractivity contribution >= 4 is 21.7 Å². The van der Waals surface area contributed by atoms with E-state index in [9.17, 15) is 17.2 Å². The fourth-order valence-corrected chi connectivity index (χ4v) is 5.51. The van der Waals surface area contributed by atoms with Crippen LogP contribution in [0.4, 0.5) is 8.78 Å². The van der Waals surface area contributed by atoms with Gasteiger partial charge in [-0.2, -0.15) is 4.31 Å². The van der Waals surface area contributed by atoms with E-state index < -0.39 is 22.4 Å². The van der Waals surface area contributed by atoms with Gasteiger partial charge in [0, 0.05) is 38.6 Å². The predicted molar refractivity (Wildman–Crippen MR) is 115 cm³/mol. The summed E-state index contributed by atoms with van der Waals surface area (Å²) in [4.78, 5) is 10.6. The van der Waals surface area contributed by atoms with Gasteiger partial charge in [-0.25, -0.2) is 22.2 Å². The first-order valence-electron chi connectivity index (χ1n) is 10.1. The van der Waals surface area contributed by atoms with Gasteiger partial charge in [0.2, 0.25) is 10.0 Å². The van der Waals surface area contributed by atoms with E-state index in [2.05, 4.69) is 14.9 Å². The molecule has 30 heavy (non-hydrogen) atoms. The SMILES string of the molecule is CN=C(CC(C)(F)F)N=C(C)N1CC2(CCN(S(=O)(=O)c3ccc(C)cc3)CC2)C1. The average Bonchev–Trinajstić information content (AvgIpc) is 2.64. The summed E-state index contributed by atoms with van der Waals surface area (Å²) in [6.07, 6.45) is 1.08. The Hall–Kier alpha value is -1.87. The van der Waals surface area contributed by atoms with Crippen molar-refractivity contribution in [1.82, 2.24) is 9.21 Å². The van der Waals surface area contributed by atoms with Crippen LogP contribution in [0, 0.1) is 12.3 Å². The third-order valence-corrected chi connectivity index (χ3v) is 7.88. The van der Waals surface area contributed by atoms with Gasteiger partial charge in [-0.3, -0.25) is 4.99 Å². The quantitative estimate of drug-likeness (QED) is 0.531. The summed E-state index contributed by atoms with van der Waals surface area (Å²) in [5.41, 5.74) is 1.09. The lowest BCUT2D eigenvalue weighted by Gasteiger charge is -2.54. The second-order valence-corrected chi connectivity index (χ2v) is 10.6. The van der Waals surface area contributed by atoms with Crippen LogP contribution >= 0.6 is 0 Å². The molecule has 2 heterocycles. The van der Waals surface area contributed by atoms with Gasteiger partial charge in [0.25, 0.3) is 5.92 Å². The van der Waals surface area contributed by atoms with Gasteiger partial charge in [-0.15, -0.1) is 0 Å². The number of nitrogens with zero attached hydrogens (tertiary/aromatic N) is 4. The molecule has 166 valence electrons. The van der Waals surface area contributed by atoms with Crippen LogP contribution in [0.2, 0.25) is 0 Å². The van der Waals surface area contributed by atoms with E-state index in [0.717, 1.165) is 38.4 Å². The van der Waals surface area contributed by atoms with Gasteiger partial charge in [-0.05, 0) is 45.7 Å². The van der Waals surface area contributed by atoms with Gasteiger partial charge < -0.3 is 4.90 Å². The molecule has 0 aliphatic carbocycles. The Labute approximate surface area is 177 Å². The first kappa shape index (κ1) is 22.8. The van der Waals surface area contributed by atoms with Gasteiger partial charge in [-0.1, -0.05) is 17.7 Å². The Balaban J connectivity index is 1.57. The highest BCUT2D eigenvalue weighted by atomic mass is 32.2. The molecule has 0 bridgehead atoms. The summed E-state index contributed by atoms with van der Waals surface area (Å²) in [6.45, 7) is 7.11. The summed E-state index contributed by atoms with van der Waals surface area (Å²) >= 11 is 0. The number of aliphatic imine (C=N–C) groups is 2. The lowest BCUT2D eigenvalue weighted by molar-refractivity contribution is 0.0103. The molecule has 0 unspecified atom stereocenters. The van der Waals surface area contributed by atoms with Crippen molar-refractivity contribution in [3.8, 4) is 0 Å². The van der Waals surface area contributed by atoms with Crippen LogP contribution in [0.25, 0.3) is 0 Å². The van der Waals surface area contributed by atoms with Crippen molar-refractivity contribution in [1.29, 1.82) is 0 Å². The minimum absolute atomic E-state index is 0.0638. The van der Waals surface area contributed by atoms with E-state index in [1.807, 2.05) is 26.0 Å². The number of aryl methyl sites for hydroxylation is 1. The number of sulfonamides is 1. The predicted octanol–water partition coefficient (Wildman–Crippen LogP) is 3.57. The van der Waals surface area contributed by atoms with Crippen molar-refractivity contribution in [3.05, 3.63) is 29.8 Å². The molecular formula is C21H30F2N4O2S. The molecule has 0 atom stereocenters. The van der Waals surface area contributed by atoms with Crippen molar-refractivity contribution in [2.75, 3.05) is 33.2 Å². The summed E-state index contributed by atoms with van der Waals surface area (Å²) < 4.78 is 53.8. The van der Waals surface area contributed by atoms with Crippen LogP contribution < -0.4 is 0 Å². The second kappa shape index (κ2) is 8.34. The normalized spacial score (nSPS) is 21.1. The molecule has 9 heteroatoms. The number of benzene rings is 1. The minimum atomic E-state index is -3.47. The van der Waals surface area contributed by atoms with Crippen LogP contribution in [-0.2, 0) is 10.0 Å². The zero-order valence-electron chi connectivity index (χ0n) is 18.0. The Morgan fingerprint density at radius 3 is 2.23 bits per heavy atom. The van der Waals surface area contributed by atoms with Crippen molar-refractivity contribution in [2.45, 2.75) is 50.9 Å². The number of amidine groups is 2. The van der Waals surface area contributed by atoms with Crippen molar-refractivity contribution in [2.24, 2.45) is 15.4 Å². The Morgan fingerprint density at radius 1 is 1.17 bits per heavy atom. The van der Waals surface area contributed by atoms with Gasteiger partial charge >= 0.3 is 0 Å². The fourth-order valence-electron chi connectivity index (χ4n) is 4.07. The van der Waals surface area contributed by atoms with E-state index in [1.165, 1.54) is 7.05 Å². The summed E-state index contributed by atoms with van der Waals surface area (Å²) in [5.74, 6) is -2.02. The summed E-state index contributed by atoms with van der Waals surface area (Å²) in [5, 5.41) is 0. The Morgan fingerprint density at radius 2 is 1.73 bits per heavy atom. The number of hydrogen-bond donors (Lipinski definition) is 0. The van der Waals surface area contributed by atoms with E-state index in [-0.39, 0.29) is 11.3 Å².